The number of aryl methyl sites for hydroxylation is 1. The lowest BCUT2D eigenvalue weighted by molar-refractivity contribution is 0.196. The van der Waals surface area contributed by atoms with Gasteiger partial charge in [-0.1, -0.05) is 13.0 Å². The Labute approximate surface area is 127 Å². The van der Waals surface area contributed by atoms with Crippen molar-refractivity contribution >= 4 is 10.0 Å². The van der Waals surface area contributed by atoms with Gasteiger partial charge in [-0.3, -0.25) is 0 Å². The van der Waals surface area contributed by atoms with Gasteiger partial charge in [-0.05, 0) is 43.1 Å². The Morgan fingerprint density at radius 1 is 1.14 bits per heavy atom. The molecular weight excluding hydrogens is 286 g/mol. The maximum atomic E-state index is 12.9. The summed E-state index contributed by atoms with van der Waals surface area (Å²) in [5, 5.41) is 0. The minimum Gasteiger partial charge on any atom is -0.326 e. The summed E-state index contributed by atoms with van der Waals surface area (Å²) >= 11 is 0. The second-order valence-electron chi connectivity index (χ2n) is 5.58. The topological polar surface area (TPSA) is 66.6 Å². The summed E-state index contributed by atoms with van der Waals surface area (Å²) in [6.45, 7) is 9.93. The van der Waals surface area contributed by atoms with Crippen LogP contribution in [-0.4, -0.2) is 50.3 Å². The molecule has 118 valence electrons. The average molecular weight is 311 g/mol. The maximum Gasteiger partial charge on any atom is 0.243 e. The number of nitrogens with two attached hydrogens (primary N) is 1. The van der Waals surface area contributed by atoms with E-state index < -0.39 is 10.0 Å². The quantitative estimate of drug-likeness (QED) is 0.904. The van der Waals surface area contributed by atoms with Gasteiger partial charge in [-0.25, -0.2) is 8.42 Å². The molecule has 0 aromatic heterocycles. The molecule has 6 heteroatoms. The molecule has 1 aromatic carbocycles. The average Bonchev–Trinajstić information content (AvgIpc) is 2.49. The number of hydrogen-bond acceptors (Lipinski definition) is 4. The molecule has 0 radical (unpaired) electrons. The highest BCUT2D eigenvalue weighted by molar-refractivity contribution is 7.89. The van der Waals surface area contributed by atoms with Crippen LogP contribution < -0.4 is 5.73 Å². The van der Waals surface area contributed by atoms with Crippen LogP contribution in [0.2, 0.25) is 0 Å². The smallest absolute Gasteiger partial charge is 0.243 e. The van der Waals surface area contributed by atoms with Crippen LogP contribution in [0.3, 0.4) is 0 Å². The second-order valence-corrected chi connectivity index (χ2v) is 7.48. The Morgan fingerprint density at radius 3 is 2.29 bits per heavy atom. The molecular formula is C15H25N3O2S. The van der Waals surface area contributed by atoms with E-state index in [9.17, 15) is 8.42 Å². The summed E-state index contributed by atoms with van der Waals surface area (Å²) < 4.78 is 27.4. The van der Waals surface area contributed by atoms with Crippen molar-refractivity contribution in [3.63, 3.8) is 0 Å². The SMILES string of the molecule is CCN1CCN(S(=O)(=O)c2cc(CN)cc(C)c2C)CC1. The maximum absolute atomic E-state index is 12.9. The largest absolute Gasteiger partial charge is 0.326 e. The van der Waals surface area contributed by atoms with E-state index in [1.165, 1.54) is 0 Å². The van der Waals surface area contributed by atoms with Crippen molar-refractivity contribution in [2.45, 2.75) is 32.2 Å². The summed E-state index contributed by atoms with van der Waals surface area (Å²) in [6.07, 6.45) is 0. The highest BCUT2D eigenvalue weighted by Crippen LogP contribution is 2.25. The molecule has 0 atom stereocenters. The van der Waals surface area contributed by atoms with Crippen molar-refractivity contribution in [3.05, 3.63) is 28.8 Å². The van der Waals surface area contributed by atoms with Crippen LogP contribution in [0.1, 0.15) is 23.6 Å². The lowest BCUT2D eigenvalue weighted by atomic mass is 10.1. The second kappa shape index (κ2) is 6.44. The van der Waals surface area contributed by atoms with E-state index in [2.05, 4.69) is 11.8 Å². The van der Waals surface area contributed by atoms with E-state index in [0.29, 0.717) is 24.5 Å². The fourth-order valence-corrected chi connectivity index (χ4v) is 4.48. The molecule has 21 heavy (non-hydrogen) atoms. The van der Waals surface area contributed by atoms with Crippen LogP contribution in [0.15, 0.2) is 17.0 Å². The molecule has 1 fully saturated rings. The zero-order valence-corrected chi connectivity index (χ0v) is 13.9. The molecule has 0 saturated carbocycles. The van der Waals surface area contributed by atoms with Gasteiger partial charge in [0.05, 0.1) is 4.90 Å². The fourth-order valence-electron chi connectivity index (χ4n) is 2.71. The molecule has 2 N–H and O–H groups in total. The van der Waals surface area contributed by atoms with Gasteiger partial charge < -0.3 is 10.6 Å². The summed E-state index contributed by atoms with van der Waals surface area (Å²) in [7, 11) is -3.43. The third-order valence-electron chi connectivity index (χ3n) is 4.31. The first-order chi connectivity index (χ1) is 9.90. The van der Waals surface area contributed by atoms with Crippen molar-refractivity contribution in [3.8, 4) is 0 Å². The predicted molar refractivity (Wildman–Crippen MR) is 84.7 cm³/mol. The van der Waals surface area contributed by atoms with Crippen molar-refractivity contribution in [1.82, 2.24) is 9.21 Å². The number of piperazine rings is 1. The molecule has 1 aliphatic heterocycles. The van der Waals surface area contributed by atoms with E-state index in [1.807, 2.05) is 19.9 Å². The third-order valence-corrected chi connectivity index (χ3v) is 6.34. The van der Waals surface area contributed by atoms with Crippen LogP contribution in [-0.2, 0) is 16.6 Å². The van der Waals surface area contributed by atoms with E-state index in [4.69, 9.17) is 5.73 Å². The van der Waals surface area contributed by atoms with Crippen molar-refractivity contribution in [1.29, 1.82) is 0 Å². The lowest BCUT2D eigenvalue weighted by Crippen LogP contribution is -2.48. The first kappa shape index (κ1) is 16.4. The van der Waals surface area contributed by atoms with Crippen LogP contribution >= 0.6 is 0 Å². The van der Waals surface area contributed by atoms with Crippen LogP contribution in [0.5, 0.6) is 0 Å². The van der Waals surface area contributed by atoms with Gasteiger partial charge in [0.1, 0.15) is 0 Å². The first-order valence-corrected chi connectivity index (χ1v) is 8.86. The molecule has 5 nitrogen and oxygen atoms in total. The Kier molecular flexibility index (Phi) is 5.03. The molecule has 1 aliphatic rings. The van der Waals surface area contributed by atoms with Crippen molar-refractivity contribution in [2.75, 3.05) is 32.7 Å². The highest BCUT2D eigenvalue weighted by Gasteiger charge is 2.29. The Bertz CT molecular complexity index is 606. The Hall–Kier alpha value is -0.950. The summed E-state index contributed by atoms with van der Waals surface area (Å²) in [4.78, 5) is 2.67. The minimum absolute atomic E-state index is 0.354. The van der Waals surface area contributed by atoms with Gasteiger partial charge >= 0.3 is 0 Å². The monoisotopic (exact) mass is 311 g/mol. The molecule has 0 aliphatic carbocycles. The number of hydrogen-bond donors (Lipinski definition) is 1. The van der Waals surface area contributed by atoms with Crippen LogP contribution in [0, 0.1) is 13.8 Å². The number of likely N-dealkylation sites (N-methyl/N-ethyl adjacent to an activating group) is 1. The van der Waals surface area contributed by atoms with E-state index in [1.54, 1.807) is 10.4 Å². The number of benzene rings is 1. The van der Waals surface area contributed by atoms with Gasteiger partial charge in [0.25, 0.3) is 0 Å². The van der Waals surface area contributed by atoms with E-state index >= 15 is 0 Å². The molecule has 1 saturated heterocycles. The molecule has 1 aromatic rings. The standard InChI is InChI=1S/C15H25N3O2S/c1-4-17-5-7-18(8-6-17)21(19,20)15-10-14(11-16)9-12(2)13(15)3/h9-10H,4-8,11,16H2,1-3H3. The van der Waals surface area contributed by atoms with E-state index in [-0.39, 0.29) is 0 Å². The highest BCUT2D eigenvalue weighted by atomic mass is 32.2. The van der Waals surface area contributed by atoms with Gasteiger partial charge in [0.2, 0.25) is 10.0 Å². The molecule has 2 rings (SSSR count). The van der Waals surface area contributed by atoms with Gasteiger partial charge in [-0.2, -0.15) is 4.31 Å². The summed E-state index contributed by atoms with van der Waals surface area (Å²) in [5.41, 5.74) is 8.35. The predicted octanol–water partition coefficient (Wildman–Crippen LogP) is 1.09. The molecule has 0 unspecified atom stereocenters. The van der Waals surface area contributed by atoms with Crippen molar-refractivity contribution in [2.24, 2.45) is 5.73 Å². The van der Waals surface area contributed by atoms with Gasteiger partial charge in [0.15, 0.2) is 0 Å². The van der Waals surface area contributed by atoms with Crippen molar-refractivity contribution < 1.29 is 8.42 Å². The number of nitrogens with zero attached hydrogens (tertiary/aromatic N) is 2. The molecule has 0 spiro atoms. The fraction of sp³-hybridized carbons (Fsp3) is 0.600. The Morgan fingerprint density at radius 2 is 1.76 bits per heavy atom. The summed E-state index contributed by atoms with van der Waals surface area (Å²) in [6, 6.07) is 3.69. The van der Waals surface area contributed by atoms with Crippen LogP contribution in [0.4, 0.5) is 0 Å². The van der Waals surface area contributed by atoms with Gasteiger partial charge in [-0.15, -0.1) is 0 Å². The zero-order chi connectivity index (χ0) is 15.6. The Balaban J connectivity index is 2.34. The third kappa shape index (κ3) is 3.29. The molecule has 0 bridgehead atoms. The molecule has 1 heterocycles. The van der Waals surface area contributed by atoms with Gasteiger partial charge in [0, 0.05) is 32.7 Å². The first-order valence-electron chi connectivity index (χ1n) is 7.42. The normalized spacial score (nSPS) is 18.1. The lowest BCUT2D eigenvalue weighted by Gasteiger charge is -2.33. The van der Waals surface area contributed by atoms with Crippen LogP contribution in [0.25, 0.3) is 0 Å². The number of sulfonamides is 1. The summed E-state index contributed by atoms with van der Waals surface area (Å²) in [5.74, 6) is 0. The zero-order valence-electron chi connectivity index (χ0n) is 13.1. The van der Waals surface area contributed by atoms with E-state index in [0.717, 1.165) is 36.3 Å². The minimum atomic E-state index is -3.43. The molecule has 0 amide bonds. The number of rotatable bonds is 4.